The topological polar surface area (TPSA) is 90.5 Å². The average Bonchev–Trinajstić information content (AvgIpc) is 3.24. The number of anilines is 1. The Kier molecular flexibility index (Phi) is 5.80. The summed E-state index contributed by atoms with van der Waals surface area (Å²) >= 11 is 2.03. The lowest BCUT2D eigenvalue weighted by molar-refractivity contribution is 0.0698. The van der Waals surface area contributed by atoms with E-state index in [0.717, 1.165) is 16.5 Å². The molecule has 0 aromatic heterocycles. The van der Waals surface area contributed by atoms with Gasteiger partial charge in [-0.1, -0.05) is 0 Å². The molecule has 1 fully saturated rings. The number of rotatable bonds is 7. The van der Waals surface area contributed by atoms with E-state index >= 15 is 0 Å². The summed E-state index contributed by atoms with van der Waals surface area (Å²) in [4.78, 5) is 22.9. The van der Waals surface area contributed by atoms with E-state index < -0.39 is 5.97 Å². The third kappa shape index (κ3) is 5.50. The lowest BCUT2D eigenvalue weighted by atomic mass is 10.2. The van der Waals surface area contributed by atoms with E-state index in [1.165, 1.54) is 18.9 Å². The van der Waals surface area contributed by atoms with Crippen molar-refractivity contribution in [1.82, 2.24) is 10.6 Å². The van der Waals surface area contributed by atoms with Crippen LogP contribution in [0.4, 0.5) is 10.5 Å². The third-order valence-electron chi connectivity index (χ3n) is 3.11. The van der Waals surface area contributed by atoms with Crippen molar-refractivity contribution in [3.63, 3.8) is 0 Å². The molecular weight excluding hydrogens is 385 g/mol. The molecule has 0 heterocycles. The summed E-state index contributed by atoms with van der Waals surface area (Å²) in [6.07, 6.45) is 3.35. The smallest absolute Gasteiger partial charge is 0.337 e. The summed E-state index contributed by atoms with van der Waals surface area (Å²) in [7, 11) is 0. The summed E-state index contributed by atoms with van der Waals surface area (Å²) in [5.74, 6) is -1.06. The maximum Gasteiger partial charge on any atom is 0.337 e. The van der Waals surface area contributed by atoms with Gasteiger partial charge in [0.25, 0.3) is 0 Å². The fourth-order valence-electron chi connectivity index (χ4n) is 1.85. The fraction of sp³-hybridized carbons (Fsp3) is 0.429. The molecule has 0 saturated heterocycles. The molecule has 1 aliphatic rings. The Labute approximate surface area is 136 Å². The predicted octanol–water partition coefficient (Wildman–Crippen LogP) is 2.25. The molecule has 1 aromatic carbocycles. The van der Waals surface area contributed by atoms with Crippen LogP contribution in [0.3, 0.4) is 0 Å². The van der Waals surface area contributed by atoms with Gasteiger partial charge in [-0.25, -0.2) is 9.59 Å². The molecule has 6 nitrogen and oxygen atoms in total. The summed E-state index contributed by atoms with van der Waals surface area (Å²) in [5, 5.41) is 17.8. The molecule has 0 atom stereocenters. The number of aromatic carboxylic acids is 1. The van der Waals surface area contributed by atoms with E-state index in [4.69, 9.17) is 5.11 Å². The van der Waals surface area contributed by atoms with Crippen molar-refractivity contribution in [1.29, 1.82) is 0 Å². The summed E-state index contributed by atoms with van der Waals surface area (Å²) in [6.45, 7) is 1.44. The summed E-state index contributed by atoms with van der Waals surface area (Å²) in [5.41, 5.74) is 0.393. The first kappa shape index (κ1) is 16.0. The molecule has 7 heteroatoms. The number of halogens is 1. The minimum Gasteiger partial charge on any atom is -0.478 e. The van der Waals surface area contributed by atoms with Gasteiger partial charge in [-0.3, -0.25) is 0 Å². The molecule has 1 saturated carbocycles. The standard InChI is InChI=1S/C14H18IN3O3/c15-9-2-5-12(11(8-9)13(19)20)18-14(21)17-7-1-6-16-10-3-4-10/h2,5,8,10,16H,1,3-4,6-7H2,(H,19,20)(H2,17,18,21). The number of carbonyl (C=O) groups is 2. The van der Waals surface area contributed by atoms with Crippen molar-refractivity contribution >= 4 is 40.3 Å². The van der Waals surface area contributed by atoms with E-state index in [0.29, 0.717) is 18.3 Å². The van der Waals surface area contributed by atoms with Crippen LogP contribution in [0.25, 0.3) is 0 Å². The van der Waals surface area contributed by atoms with Gasteiger partial charge in [-0.2, -0.15) is 0 Å². The van der Waals surface area contributed by atoms with Crippen LogP contribution in [0.1, 0.15) is 29.6 Å². The molecule has 0 radical (unpaired) electrons. The molecule has 114 valence electrons. The van der Waals surface area contributed by atoms with E-state index in [-0.39, 0.29) is 11.6 Å². The molecule has 2 amide bonds. The number of carboxylic acids is 1. The quantitative estimate of drug-likeness (QED) is 0.415. The molecule has 2 rings (SSSR count). The van der Waals surface area contributed by atoms with Gasteiger partial charge >= 0.3 is 12.0 Å². The van der Waals surface area contributed by atoms with Crippen LogP contribution >= 0.6 is 22.6 Å². The van der Waals surface area contributed by atoms with Crippen LogP contribution in [0.5, 0.6) is 0 Å². The van der Waals surface area contributed by atoms with Crippen molar-refractivity contribution < 1.29 is 14.7 Å². The molecule has 1 aromatic rings. The van der Waals surface area contributed by atoms with Gasteiger partial charge in [0.15, 0.2) is 0 Å². The molecule has 0 bridgehead atoms. The van der Waals surface area contributed by atoms with Crippen LogP contribution in [0.15, 0.2) is 18.2 Å². The molecular formula is C14H18IN3O3. The zero-order chi connectivity index (χ0) is 15.2. The first-order chi connectivity index (χ1) is 10.1. The molecule has 0 unspecified atom stereocenters. The van der Waals surface area contributed by atoms with Gasteiger partial charge in [-0.05, 0) is 66.6 Å². The molecule has 21 heavy (non-hydrogen) atoms. The van der Waals surface area contributed by atoms with Crippen molar-refractivity contribution in [2.45, 2.75) is 25.3 Å². The van der Waals surface area contributed by atoms with Crippen LogP contribution < -0.4 is 16.0 Å². The van der Waals surface area contributed by atoms with E-state index in [1.807, 2.05) is 22.6 Å². The lowest BCUT2D eigenvalue weighted by Gasteiger charge is -2.10. The van der Waals surface area contributed by atoms with Crippen molar-refractivity contribution in [2.24, 2.45) is 0 Å². The number of hydrogen-bond acceptors (Lipinski definition) is 3. The third-order valence-corrected chi connectivity index (χ3v) is 3.78. The van der Waals surface area contributed by atoms with Gasteiger partial charge in [0, 0.05) is 16.2 Å². The number of carbonyl (C=O) groups excluding carboxylic acids is 1. The maximum absolute atomic E-state index is 11.7. The van der Waals surface area contributed by atoms with Crippen molar-refractivity contribution in [3.8, 4) is 0 Å². The van der Waals surface area contributed by atoms with Crippen molar-refractivity contribution in [2.75, 3.05) is 18.4 Å². The van der Waals surface area contributed by atoms with Crippen molar-refractivity contribution in [3.05, 3.63) is 27.3 Å². The number of amides is 2. The largest absolute Gasteiger partial charge is 0.478 e. The molecule has 0 aliphatic heterocycles. The number of hydrogen-bond donors (Lipinski definition) is 4. The fourth-order valence-corrected chi connectivity index (χ4v) is 2.34. The van der Waals surface area contributed by atoms with E-state index in [1.54, 1.807) is 12.1 Å². The Morgan fingerprint density at radius 2 is 2.05 bits per heavy atom. The number of carboxylic acid groups (broad SMARTS) is 1. The van der Waals surface area contributed by atoms with Crippen LogP contribution in [-0.2, 0) is 0 Å². The van der Waals surface area contributed by atoms with Gasteiger partial charge in [0.1, 0.15) is 0 Å². The Hall–Kier alpha value is -1.35. The highest BCUT2D eigenvalue weighted by molar-refractivity contribution is 14.1. The second kappa shape index (κ2) is 7.60. The molecule has 4 N–H and O–H groups in total. The number of nitrogens with one attached hydrogen (secondary N) is 3. The summed E-state index contributed by atoms with van der Waals surface area (Å²) in [6, 6.07) is 5.16. The van der Waals surface area contributed by atoms with E-state index in [9.17, 15) is 9.59 Å². The minimum atomic E-state index is -1.06. The minimum absolute atomic E-state index is 0.0902. The number of urea groups is 1. The Balaban J connectivity index is 1.77. The SMILES string of the molecule is O=C(NCCCNC1CC1)Nc1ccc(I)cc1C(=O)O. The monoisotopic (exact) mass is 403 g/mol. The highest BCUT2D eigenvalue weighted by atomic mass is 127. The predicted molar refractivity (Wildman–Crippen MR) is 88.8 cm³/mol. The van der Waals surface area contributed by atoms with Gasteiger partial charge in [0.05, 0.1) is 11.3 Å². The molecule has 1 aliphatic carbocycles. The van der Waals surface area contributed by atoms with Gasteiger partial charge in [-0.15, -0.1) is 0 Å². The summed E-state index contributed by atoms with van der Waals surface area (Å²) < 4.78 is 0.808. The maximum atomic E-state index is 11.7. The van der Waals surface area contributed by atoms with Gasteiger partial charge in [0.2, 0.25) is 0 Å². The first-order valence-electron chi connectivity index (χ1n) is 6.87. The Bertz CT molecular complexity index is 532. The Morgan fingerprint density at radius 3 is 2.71 bits per heavy atom. The van der Waals surface area contributed by atoms with Crippen LogP contribution in [0, 0.1) is 3.57 Å². The first-order valence-corrected chi connectivity index (χ1v) is 7.95. The zero-order valence-electron chi connectivity index (χ0n) is 11.5. The van der Waals surface area contributed by atoms with Crippen LogP contribution in [0.2, 0.25) is 0 Å². The lowest BCUT2D eigenvalue weighted by Crippen LogP contribution is -2.32. The second-order valence-electron chi connectivity index (χ2n) is 4.96. The van der Waals surface area contributed by atoms with Gasteiger partial charge < -0.3 is 21.1 Å². The van der Waals surface area contributed by atoms with Crippen LogP contribution in [-0.4, -0.2) is 36.2 Å². The molecule has 0 spiro atoms. The second-order valence-corrected chi connectivity index (χ2v) is 6.20. The average molecular weight is 403 g/mol. The van der Waals surface area contributed by atoms with E-state index in [2.05, 4.69) is 16.0 Å². The highest BCUT2D eigenvalue weighted by Crippen LogP contribution is 2.19. The Morgan fingerprint density at radius 1 is 1.29 bits per heavy atom. The highest BCUT2D eigenvalue weighted by Gasteiger charge is 2.19. The normalized spacial score (nSPS) is 13.8. The number of benzene rings is 1. The zero-order valence-corrected chi connectivity index (χ0v) is 13.6.